The second kappa shape index (κ2) is 5.91. The quantitative estimate of drug-likeness (QED) is 0.900. The minimum atomic E-state index is -3.28. The zero-order valence-corrected chi connectivity index (χ0v) is 14.5. The van der Waals surface area contributed by atoms with Crippen molar-refractivity contribution >= 4 is 25.8 Å². The summed E-state index contributed by atoms with van der Waals surface area (Å²) >= 11 is 3.46. The summed E-state index contributed by atoms with van der Waals surface area (Å²) in [6.07, 6.45) is 0.312. The van der Waals surface area contributed by atoms with Gasteiger partial charge in [0.25, 0.3) is 0 Å². The SMILES string of the molecule is Cc1cc(C(O)c2cccc(S(C)(=O)=O)c2)c(C)cc1Br. The van der Waals surface area contributed by atoms with E-state index in [2.05, 4.69) is 15.9 Å². The van der Waals surface area contributed by atoms with Gasteiger partial charge in [-0.1, -0.05) is 34.1 Å². The van der Waals surface area contributed by atoms with Crippen molar-refractivity contribution < 1.29 is 13.5 Å². The minimum Gasteiger partial charge on any atom is -0.384 e. The number of hydrogen-bond acceptors (Lipinski definition) is 3. The van der Waals surface area contributed by atoms with Crippen molar-refractivity contribution in [2.24, 2.45) is 0 Å². The third-order valence-corrected chi connectivity index (χ3v) is 5.41. The Labute approximate surface area is 133 Å². The molecule has 0 aliphatic rings. The van der Waals surface area contributed by atoms with Crippen LogP contribution >= 0.6 is 15.9 Å². The monoisotopic (exact) mass is 368 g/mol. The first-order chi connectivity index (χ1) is 9.70. The van der Waals surface area contributed by atoms with Gasteiger partial charge in [-0.15, -0.1) is 0 Å². The summed E-state index contributed by atoms with van der Waals surface area (Å²) in [6, 6.07) is 10.3. The third kappa shape index (κ3) is 3.54. The largest absolute Gasteiger partial charge is 0.384 e. The van der Waals surface area contributed by atoms with Crippen LogP contribution in [0.1, 0.15) is 28.4 Å². The molecule has 1 atom stereocenters. The first kappa shape index (κ1) is 16.2. The predicted molar refractivity (Wildman–Crippen MR) is 87.2 cm³/mol. The highest BCUT2D eigenvalue weighted by Gasteiger charge is 2.16. The van der Waals surface area contributed by atoms with Crippen molar-refractivity contribution in [2.45, 2.75) is 24.8 Å². The third-order valence-electron chi connectivity index (χ3n) is 3.44. The summed E-state index contributed by atoms with van der Waals surface area (Å²) in [5.41, 5.74) is 3.32. The summed E-state index contributed by atoms with van der Waals surface area (Å²) in [5, 5.41) is 10.6. The standard InChI is InChI=1S/C16H17BrO3S/c1-10-8-15(17)11(2)7-14(10)16(18)12-5-4-6-13(9-12)21(3,19)20/h4-9,16,18H,1-3H3. The Balaban J connectivity index is 2.50. The molecule has 0 amide bonds. The maximum Gasteiger partial charge on any atom is 0.175 e. The topological polar surface area (TPSA) is 54.4 Å². The minimum absolute atomic E-state index is 0.213. The van der Waals surface area contributed by atoms with Crippen LogP contribution in [0.2, 0.25) is 0 Å². The van der Waals surface area contributed by atoms with Crippen LogP contribution in [-0.2, 0) is 9.84 Å². The molecule has 2 rings (SSSR count). The molecule has 2 aromatic rings. The molecule has 0 saturated carbocycles. The number of hydrogen-bond donors (Lipinski definition) is 1. The normalized spacial score (nSPS) is 13.2. The molecule has 1 N–H and O–H groups in total. The van der Waals surface area contributed by atoms with E-state index < -0.39 is 15.9 Å². The Kier molecular flexibility index (Phi) is 4.56. The van der Waals surface area contributed by atoms with Crippen molar-refractivity contribution in [1.29, 1.82) is 0 Å². The van der Waals surface area contributed by atoms with Gasteiger partial charge in [-0.25, -0.2) is 8.42 Å². The molecule has 0 heterocycles. The van der Waals surface area contributed by atoms with E-state index in [1.165, 1.54) is 12.1 Å². The van der Waals surface area contributed by atoms with Gasteiger partial charge < -0.3 is 5.11 Å². The van der Waals surface area contributed by atoms with Crippen LogP contribution in [0.5, 0.6) is 0 Å². The van der Waals surface area contributed by atoms with Crippen LogP contribution in [0.4, 0.5) is 0 Å². The van der Waals surface area contributed by atoms with E-state index in [9.17, 15) is 13.5 Å². The van der Waals surface area contributed by atoms with E-state index in [-0.39, 0.29) is 4.90 Å². The van der Waals surface area contributed by atoms with Gasteiger partial charge >= 0.3 is 0 Å². The zero-order chi connectivity index (χ0) is 15.8. The molecule has 0 fully saturated rings. The van der Waals surface area contributed by atoms with Crippen LogP contribution in [0, 0.1) is 13.8 Å². The van der Waals surface area contributed by atoms with E-state index >= 15 is 0 Å². The van der Waals surface area contributed by atoms with Crippen LogP contribution < -0.4 is 0 Å². The van der Waals surface area contributed by atoms with E-state index in [4.69, 9.17) is 0 Å². The summed E-state index contributed by atoms with van der Waals surface area (Å²) in [7, 11) is -3.28. The highest BCUT2D eigenvalue weighted by Crippen LogP contribution is 2.30. The first-order valence-electron chi connectivity index (χ1n) is 6.45. The molecule has 0 aliphatic carbocycles. The summed E-state index contributed by atoms with van der Waals surface area (Å²) in [5.74, 6) is 0. The van der Waals surface area contributed by atoms with Gasteiger partial charge in [-0.05, 0) is 54.3 Å². The Hall–Kier alpha value is -1.17. The lowest BCUT2D eigenvalue weighted by atomic mass is 9.96. The molecule has 3 nitrogen and oxygen atoms in total. The van der Waals surface area contributed by atoms with Gasteiger partial charge in [-0.3, -0.25) is 0 Å². The Morgan fingerprint density at radius 2 is 1.76 bits per heavy atom. The van der Waals surface area contributed by atoms with Crippen molar-refractivity contribution in [1.82, 2.24) is 0 Å². The number of aliphatic hydroxyl groups is 1. The zero-order valence-electron chi connectivity index (χ0n) is 12.1. The van der Waals surface area contributed by atoms with E-state index in [0.717, 1.165) is 27.4 Å². The van der Waals surface area contributed by atoms with Crippen molar-refractivity contribution in [3.63, 3.8) is 0 Å². The maximum absolute atomic E-state index is 11.6. The van der Waals surface area contributed by atoms with Crippen molar-refractivity contribution in [2.75, 3.05) is 6.26 Å². The van der Waals surface area contributed by atoms with Crippen LogP contribution in [0.25, 0.3) is 0 Å². The maximum atomic E-state index is 11.6. The second-order valence-electron chi connectivity index (χ2n) is 5.21. The molecule has 0 radical (unpaired) electrons. The van der Waals surface area contributed by atoms with Gasteiger partial charge in [0.1, 0.15) is 6.10 Å². The van der Waals surface area contributed by atoms with Gasteiger partial charge in [-0.2, -0.15) is 0 Å². The number of halogens is 1. The lowest BCUT2D eigenvalue weighted by Crippen LogP contribution is -2.05. The Morgan fingerprint density at radius 3 is 2.38 bits per heavy atom. The fraction of sp³-hybridized carbons (Fsp3) is 0.250. The number of benzene rings is 2. The average molecular weight is 369 g/mol. The van der Waals surface area contributed by atoms with Gasteiger partial charge in [0, 0.05) is 10.7 Å². The molecule has 0 spiro atoms. The number of sulfone groups is 1. The molecule has 0 aliphatic heterocycles. The van der Waals surface area contributed by atoms with Gasteiger partial charge in [0.05, 0.1) is 4.90 Å². The molecule has 5 heteroatoms. The summed E-state index contributed by atoms with van der Waals surface area (Å²) < 4.78 is 24.2. The van der Waals surface area contributed by atoms with Crippen molar-refractivity contribution in [3.8, 4) is 0 Å². The van der Waals surface area contributed by atoms with Gasteiger partial charge in [0.15, 0.2) is 9.84 Å². The molecule has 21 heavy (non-hydrogen) atoms. The molecular formula is C16H17BrO3S. The van der Waals surface area contributed by atoms with Crippen LogP contribution in [0.15, 0.2) is 45.8 Å². The summed E-state index contributed by atoms with van der Waals surface area (Å²) in [6.45, 7) is 3.87. The van der Waals surface area contributed by atoms with E-state index in [1.54, 1.807) is 12.1 Å². The highest BCUT2D eigenvalue weighted by molar-refractivity contribution is 9.10. The molecule has 0 bridgehead atoms. The molecule has 1 unspecified atom stereocenters. The van der Waals surface area contributed by atoms with Crippen LogP contribution in [-0.4, -0.2) is 19.8 Å². The number of aliphatic hydroxyl groups excluding tert-OH is 1. The molecule has 2 aromatic carbocycles. The van der Waals surface area contributed by atoms with Crippen molar-refractivity contribution in [3.05, 3.63) is 63.1 Å². The molecule has 112 valence electrons. The fourth-order valence-electron chi connectivity index (χ4n) is 2.19. The Morgan fingerprint density at radius 1 is 1.10 bits per heavy atom. The lowest BCUT2D eigenvalue weighted by molar-refractivity contribution is 0.219. The van der Waals surface area contributed by atoms with E-state index in [1.807, 2.05) is 26.0 Å². The predicted octanol–water partition coefficient (Wildman–Crippen LogP) is 3.55. The first-order valence-corrected chi connectivity index (χ1v) is 9.13. The Bertz CT molecular complexity index is 782. The van der Waals surface area contributed by atoms with E-state index in [0.29, 0.717) is 5.56 Å². The number of aryl methyl sites for hydroxylation is 2. The average Bonchev–Trinajstić information content (AvgIpc) is 2.41. The van der Waals surface area contributed by atoms with Crippen LogP contribution in [0.3, 0.4) is 0 Å². The second-order valence-corrected chi connectivity index (χ2v) is 8.08. The fourth-order valence-corrected chi connectivity index (χ4v) is 3.33. The number of rotatable bonds is 3. The lowest BCUT2D eigenvalue weighted by Gasteiger charge is -2.16. The smallest absolute Gasteiger partial charge is 0.175 e. The molecule has 0 saturated heterocycles. The molecular weight excluding hydrogens is 352 g/mol. The summed E-state index contributed by atoms with van der Waals surface area (Å²) in [4.78, 5) is 0.213. The molecule has 0 aromatic heterocycles. The van der Waals surface area contributed by atoms with Gasteiger partial charge in [0.2, 0.25) is 0 Å². The highest BCUT2D eigenvalue weighted by atomic mass is 79.9.